The van der Waals surface area contributed by atoms with Gasteiger partial charge in [0.25, 0.3) is 0 Å². The molecule has 0 bridgehead atoms. The summed E-state index contributed by atoms with van der Waals surface area (Å²) in [6.07, 6.45) is 0. The molecular formula is H2O6S2Zn. The van der Waals surface area contributed by atoms with E-state index in [0.717, 1.165) is 0 Å². The number of hydrogen-bond acceptors (Lipinski definition) is 4. The van der Waals surface area contributed by atoms with Crippen LogP contribution in [0.3, 0.4) is 0 Å². The average Bonchev–Trinajstić information content (AvgIpc) is 1.25. The van der Waals surface area contributed by atoms with E-state index in [-0.39, 0.29) is 19.5 Å². The fourth-order valence-corrected chi connectivity index (χ4v) is 0. The van der Waals surface area contributed by atoms with Crippen LogP contribution in [0.1, 0.15) is 0 Å². The predicted molar refractivity (Wildman–Crippen MR) is 23.1 cm³/mol. The van der Waals surface area contributed by atoms with Crippen molar-refractivity contribution in [3.8, 4) is 0 Å². The summed E-state index contributed by atoms with van der Waals surface area (Å²) in [7, 11) is 0. The molecule has 2 unspecified atom stereocenters. The van der Waals surface area contributed by atoms with Crippen molar-refractivity contribution in [2.75, 3.05) is 0 Å². The van der Waals surface area contributed by atoms with E-state index in [2.05, 4.69) is 0 Å². The van der Waals surface area contributed by atoms with E-state index in [9.17, 15) is 0 Å². The topological polar surface area (TPSA) is 121 Å². The molecule has 0 aromatic carbocycles. The third-order valence-corrected chi connectivity index (χ3v) is 0. The molecule has 2 atom stereocenters. The first-order valence-corrected chi connectivity index (χ1v) is 3.10. The van der Waals surface area contributed by atoms with Gasteiger partial charge in [-0.25, -0.2) is 8.42 Å². The van der Waals surface area contributed by atoms with Crippen LogP contribution in [0, 0.1) is 0 Å². The molecule has 0 aromatic rings. The smallest absolute Gasteiger partial charge is 0.750 e. The van der Waals surface area contributed by atoms with Gasteiger partial charge in [-0.2, -0.15) is 0 Å². The second kappa shape index (κ2) is 11.5. The van der Waals surface area contributed by atoms with Crippen molar-refractivity contribution in [3.63, 3.8) is 0 Å². The van der Waals surface area contributed by atoms with Gasteiger partial charge >= 0.3 is 19.5 Å². The summed E-state index contributed by atoms with van der Waals surface area (Å²) in [5, 5.41) is 0. The summed E-state index contributed by atoms with van der Waals surface area (Å²) in [5.74, 6) is 0. The van der Waals surface area contributed by atoms with Crippen LogP contribution in [0.5, 0.6) is 0 Å². The Hall–Kier alpha value is 0.763. The Labute approximate surface area is 69.0 Å². The Morgan fingerprint density at radius 1 is 1.00 bits per heavy atom. The van der Waals surface area contributed by atoms with Crippen LogP contribution in [0.15, 0.2) is 0 Å². The van der Waals surface area contributed by atoms with Crippen molar-refractivity contribution in [1.29, 1.82) is 0 Å². The van der Waals surface area contributed by atoms with Crippen molar-refractivity contribution in [1.82, 2.24) is 0 Å². The SMILES string of the molecule is O=S([O-])O.O=S([O-])O.[Zn+2]. The van der Waals surface area contributed by atoms with Crippen molar-refractivity contribution in [2.45, 2.75) is 0 Å². The Bertz CT molecular complexity index is 69.1. The summed E-state index contributed by atoms with van der Waals surface area (Å²) >= 11 is -5.72. The van der Waals surface area contributed by atoms with Crippen LogP contribution in [0.2, 0.25) is 0 Å². The van der Waals surface area contributed by atoms with Gasteiger partial charge in [0.05, 0.1) is 22.7 Å². The van der Waals surface area contributed by atoms with Gasteiger partial charge in [0.2, 0.25) is 0 Å². The molecule has 2 N–H and O–H groups in total. The normalized spacial score (nSPS) is 13.8. The summed E-state index contributed by atoms with van der Waals surface area (Å²) in [5.41, 5.74) is 0. The van der Waals surface area contributed by atoms with Crippen LogP contribution in [-0.2, 0) is 42.2 Å². The molecule has 0 aliphatic carbocycles. The third kappa shape index (κ3) is 688. The quantitative estimate of drug-likeness (QED) is 0.391. The minimum atomic E-state index is -2.86. The summed E-state index contributed by atoms with van der Waals surface area (Å²) in [4.78, 5) is 0. The summed E-state index contributed by atoms with van der Waals surface area (Å²) in [6.45, 7) is 0. The van der Waals surface area contributed by atoms with Crippen LogP contribution in [0.25, 0.3) is 0 Å². The van der Waals surface area contributed by atoms with Gasteiger partial charge in [-0.3, -0.25) is 0 Å². The van der Waals surface area contributed by atoms with E-state index >= 15 is 0 Å². The molecule has 9 heteroatoms. The molecule has 0 rings (SSSR count). The third-order valence-electron chi connectivity index (χ3n) is 0. The molecule has 9 heavy (non-hydrogen) atoms. The largest absolute Gasteiger partial charge is 2.00 e. The van der Waals surface area contributed by atoms with Gasteiger partial charge in [0.15, 0.2) is 0 Å². The van der Waals surface area contributed by atoms with E-state index < -0.39 is 22.7 Å². The maximum Gasteiger partial charge on any atom is 2.00 e. The van der Waals surface area contributed by atoms with Crippen LogP contribution < -0.4 is 0 Å². The van der Waals surface area contributed by atoms with E-state index in [1.165, 1.54) is 0 Å². The molecule has 6 nitrogen and oxygen atoms in total. The predicted octanol–water partition coefficient (Wildman–Crippen LogP) is -1.33. The van der Waals surface area contributed by atoms with E-state index in [1.807, 2.05) is 0 Å². The molecule has 0 aliphatic heterocycles. The minimum Gasteiger partial charge on any atom is -0.750 e. The van der Waals surface area contributed by atoms with Crippen molar-refractivity contribution < 1.29 is 46.1 Å². The molecule has 0 radical (unpaired) electrons. The Morgan fingerprint density at radius 2 is 1.00 bits per heavy atom. The van der Waals surface area contributed by atoms with E-state index in [0.29, 0.717) is 0 Å². The number of rotatable bonds is 0. The van der Waals surface area contributed by atoms with Crippen molar-refractivity contribution in [2.24, 2.45) is 0 Å². The minimum absolute atomic E-state index is 0. The van der Waals surface area contributed by atoms with Gasteiger partial charge in [-0.1, -0.05) is 0 Å². The zero-order chi connectivity index (χ0) is 7.15. The van der Waals surface area contributed by atoms with E-state index in [4.69, 9.17) is 26.6 Å². The average molecular weight is 228 g/mol. The van der Waals surface area contributed by atoms with Gasteiger partial charge < -0.3 is 18.2 Å². The Morgan fingerprint density at radius 3 is 1.00 bits per heavy atom. The summed E-state index contributed by atoms with van der Waals surface area (Å²) < 4.78 is 48.2. The molecule has 0 aliphatic rings. The Kier molecular flexibility index (Phi) is 21.0. The van der Waals surface area contributed by atoms with Crippen LogP contribution >= 0.6 is 0 Å². The van der Waals surface area contributed by atoms with Crippen LogP contribution in [-0.4, -0.2) is 26.6 Å². The van der Waals surface area contributed by atoms with Crippen molar-refractivity contribution in [3.05, 3.63) is 0 Å². The van der Waals surface area contributed by atoms with Gasteiger partial charge in [0, 0.05) is 0 Å². The molecular weight excluding hydrogens is 226 g/mol. The van der Waals surface area contributed by atoms with E-state index in [1.54, 1.807) is 0 Å². The van der Waals surface area contributed by atoms with Crippen LogP contribution in [0.4, 0.5) is 0 Å². The molecule has 0 amide bonds. The monoisotopic (exact) mass is 226 g/mol. The number of hydrogen-bond donors (Lipinski definition) is 2. The fourth-order valence-electron chi connectivity index (χ4n) is 0. The molecule has 0 saturated heterocycles. The van der Waals surface area contributed by atoms with Crippen molar-refractivity contribution >= 4 is 22.7 Å². The first kappa shape index (κ1) is 16.4. The molecule has 0 saturated carbocycles. The first-order valence-electron chi connectivity index (χ1n) is 1.03. The standard InChI is InChI=1S/2H2O3S.Zn/c2*1-4(2)3;/h2*(H2,1,2,3);/q;;+2/p-2. The molecule has 0 aromatic heterocycles. The maximum atomic E-state index is 8.56. The first-order chi connectivity index (χ1) is 3.46. The fraction of sp³-hybridized carbons (Fsp3) is 0. The van der Waals surface area contributed by atoms with Gasteiger partial charge in [-0.15, -0.1) is 0 Å². The second-order valence-electron chi connectivity index (χ2n) is 0.434. The Balaban J connectivity index is -0.0000000720. The summed E-state index contributed by atoms with van der Waals surface area (Å²) in [6, 6.07) is 0. The zero-order valence-corrected chi connectivity index (χ0v) is 8.65. The zero-order valence-electron chi connectivity index (χ0n) is 4.05. The molecule has 0 heterocycles. The second-order valence-corrected chi connectivity index (χ2v) is 1.30. The molecule has 52 valence electrons. The molecule has 0 spiro atoms. The van der Waals surface area contributed by atoms with Gasteiger partial charge in [0.1, 0.15) is 0 Å². The maximum absolute atomic E-state index is 8.56. The van der Waals surface area contributed by atoms with Gasteiger partial charge in [-0.05, 0) is 0 Å². The molecule has 0 fully saturated rings.